The zero-order valence-electron chi connectivity index (χ0n) is 11.5. The van der Waals surface area contributed by atoms with Crippen molar-refractivity contribution in [2.45, 2.75) is 0 Å². The number of hydrogen-bond acceptors (Lipinski definition) is 4. The van der Waals surface area contributed by atoms with Crippen LogP contribution in [0.25, 0.3) is 10.9 Å². The van der Waals surface area contributed by atoms with Crippen LogP contribution in [-0.2, 0) is 4.74 Å². The molecular formula is C15H16Cl2N2O2. The molecule has 6 heteroatoms. The van der Waals surface area contributed by atoms with E-state index in [1.807, 2.05) is 18.2 Å². The summed E-state index contributed by atoms with van der Waals surface area (Å²) < 4.78 is 11.1. The number of hydrogen-bond donors (Lipinski definition) is 0. The number of ether oxygens (including phenoxy) is 2. The van der Waals surface area contributed by atoms with Gasteiger partial charge in [0.15, 0.2) is 0 Å². The molecule has 1 saturated heterocycles. The molecule has 1 fully saturated rings. The molecule has 0 saturated carbocycles. The van der Waals surface area contributed by atoms with Gasteiger partial charge in [0.1, 0.15) is 22.5 Å². The Morgan fingerprint density at radius 2 is 1.90 bits per heavy atom. The quantitative estimate of drug-likeness (QED) is 0.808. The molecule has 112 valence electrons. The smallest absolute Gasteiger partial charge is 0.140 e. The van der Waals surface area contributed by atoms with Crippen LogP contribution in [0.1, 0.15) is 0 Å². The molecule has 0 unspecified atom stereocenters. The minimum Gasteiger partial charge on any atom is -0.491 e. The molecule has 1 aromatic heterocycles. The Labute approximate surface area is 133 Å². The van der Waals surface area contributed by atoms with E-state index in [1.165, 1.54) is 0 Å². The van der Waals surface area contributed by atoms with Crippen molar-refractivity contribution in [3.05, 3.63) is 34.4 Å². The maximum Gasteiger partial charge on any atom is 0.140 e. The highest BCUT2D eigenvalue weighted by Gasteiger charge is 2.12. The van der Waals surface area contributed by atoms with Crippen molar-refractivity contribution in [1.29, 1.82) is 0 Å². The molecule has 0 radical (unpaired) electrons. The van der Waals surface area contributed by atoms with Crippen LogP contribution < -0.4 is 4.74 Å². The maximum absolute atomic E-state index is 6.36. The fraction of sp³-hybridized carbons (Fsp3) is 0.400. The molecule has 3 rings (SSSR count). The average molecular weight is 327 g/mol. The summed E-state index contributed by atoms with van der Waals surface area (Å²) in [7, 11) is 0. The van der Waals surface area contributed by atoms with Gasteiger partial charge in [-0.1, -0.05) is 23.2 Å². The van der Waals surface area contributed by atoms with Crippen LogP contribution in [0.15, 0.2) is 24.3 Å². The van der Waals surface area contributed by atoms with E-state index in [4.69, 9.17) is 32.7 Å². The first kappa shape index (κ1) is 14.9. The number of nitrogens with zero attached hydrogens (tertiary/aromatic N) is 2. The van der Waals surface area contributed by atoms with E-state index in [1.54, 1.807) is 6.07 Å². The van der Waals surface area contributed by atoms with Gasteiger partial charge in [0.25, 0.3) is 0 Å². The molecule has 1 aromatic carbocycles. The third-order valence-corrected chi connectivity index (χ3v) is 4.08. The van der Waals surface area contributed by atoms with Gasteiger partial charge in [0, 0.05) is 25.0 Å². The standard InChI is InChI=1S/C15H16Cl2N2O2/c16-13-4-2-11-1-3-12(14(17)15(11)18-13)21-10-7-19-5-8-20-9-6-19/h1-4H,5-10H2. The van der Waals surface area contributed by atoms with Gasteiger partial charge in [-0.2, -0.15) is 0 Å². The Balaban J connectivity index is 1.67. The molecular weight excluding hydrogens is 311 g/mol. The number of benzene rings is 1. The summed E-state index contributed by atoms with van der Waals surface area (Å²) in [5.74, 6) is 0.646. The van der Waals surface area contributed by atoms with E-state index in [0.29, 0.717) is 28.0 Å². The number of morpholine rings is 1. The van der Waals surface area contributed by atoms with E-state index in [-0.39, 0.29) is 0 Å². The van der Waals surface area contributed by atoms with Gasteiger partial charge in [-0.25, -0.2) is 4.98 Å². The van der Waals surface area contributed by atoms with Gasteiger partial charge in [-0.3, -0.25) is 4.90 Å². The van der Waals surface area contributed by atoms with Crippen LogP contribution in [0.5, 0.6) is 5.75 Å². The van der Waals surface area contributed by atoms with Crippen molar-refractivity contribution in [3.8, 4) is 5.75 Å². The summed E-state index contributed by atoms with van der Waals surface area (Å²) in [4.78, 5) is 6.57. The van der Waals surface area contributed by atoms with Crippen LogP contribution in [0.3, 0.4) is 0 Å². The zero-order chi connectivity index (χ0) is 14.7. The predicted octanol–water partition coefficient (Wildman–Crippen LogP) is 3.25. The molecule has 4 nitrogen and oxygen atoms in total. The molecule has 0 amide bonds. The Morgan fingerprint density at radius 3 is 2.71 bits per heavy atom. The highest BCUT2D eigenvalue weighted by atomic mass is 35.5. The highest BCUT2D eigenvalue weighted by molar-refractivity contribution is 6.37. The number of rotatable bonds is 4. The van der Waals surface area contributed by atoms with Gasteiger partial charge >= 0.3 is 0 Å². The average Bonchev–Trinajstić information content (AvgIpc) is 2.51. The zero-order valence-corrected chi connectivity index (χ0v) is 13.0. The first-order chi connectivity index (χ1) is 10.2. The molecule has 0 aliphatic carbocycles. The SMILES string of the molecule is Clc1ccc2ccc(OCCN3CCOCC3)c(Cl)c2n1. The Hall–Kier alpha value is -1.07. The lowest BCUT2D eigenvalue weighted by Crippen LogP contribution is -2.38. The van der Waals surface area contributed by atoms with Gasteiger partial charge in [0.2, 0.25) is 0 Å². The molecule has 0 atom stereocenters. The van der Waals surface area contributed by atoms with Crippen LogP contribution in [0.2, 0.25) is 10.2 Å². The minimum atomic E-state index is 0.426. The summed E-state index contributed by atoms with van der Waals surface area (Å²) in [6, 6.07) is 7.46. The van der Waals surface area contributed by atoms with E-state index >= 15 is 0 Å². The second-order valence-electron chi connectivity index (χ2n) is 4.89. The summed E-state index contributed by atoms with van der Waals surface area (Å²) in [6.07, 6.45) is 0. The molecule has 2 heterocycles. The first-order valence-electron chi connectivity index (χ1n) is 6.92. The van der Waals surface area contributed by atoms with Crippen molar-refractivity contribution in [3.63, 3.8) is 0 Å². The van der Waals surface area contributed by atoms with E-state index < -0.39 is 0 Å². The number of pyridine rings is 1. The van der Waals surface area contributed by atoms with Gasteiger partial charge in [0.05, 0.1) is 18.7 Å². The fourth-order valence-corrected chi connectivity index (χ4v) is 2.75. The highest BCUT2D eigenvalue weighted by Crippen LogP contribution is 2.32. The number of fused-ring (bicyclic) bond motifs is 1. The molecule has 0 bridgehead atoms. The van der Waals surface area contributed by atoms with E-state index in [9.17, 15) is 0 Å². The van der Waals surface area contributed by atoms with Crippen molar-refractivity contribution in [1.82, 2.24) is 9.88 Å². The second-order valence-corrected chi connectivity index (χ2v) is 5.65. The van der Waals surface area contributed by atoms with Crippen LogP contribution >= 0.6 is 23.2 Å². The molecule has 21 heavy (non-hydrogen) atoms. The first-order valence-corrected chi connectivity index (χ1v) is 7.67. The van der Waals surface area contributed by atoms with Crippen LogP contribution in [0.4, 0.5) is 0 Å². The molecule has 1 aliphatic heterocycles. The normalized spacial score (nSPS) is 16.3. The predicted molar refractivity (Wildman–Crippen MR) is 84.5 cm³/mol. The third kappa shape index (κ3) is 3.58. The molecule has 2 aromatic rings. The van der Waals surface area contributed by atoms with Crippen LogP contribution in [0, 0.1) is 0 Å². The van der Waals surface area contributed by atoms with Crippen molar-refractivity contribution < 1.29 is 9.47 Å². The largest absolute Gasteiger partial charge is 0.491 e. The van der Waals surface area contributed by atoms with Crippen LogP contribution in [-0.4, -0.2) is 49.3 Å². The number of aromatic nitrogens is 1. The lowest BCUT2D eigenvalue weighted by Gasteiger charge is -2.26. The lowest BCUT2D eigenvalue weighted by molar-refractivity contribution is 0.0322. The monoisotopic (exact) mass is 326 g/mol. The fourth-order valence-electron chi connectivity index (χ4n) is 2.33. The van der Waals surface area contributed by atoms with Gasteiger partial charge in [-0.05, 0) is 24.3 Å². The van der Waals surface area contributed by atoms with Crippen molar-refractivity contribution >= 4 is 34.1 Å². The lowest BCUT2D eigenvalue weighted by atomic mass is 10.2. The number of halogens is 2. The second kappa shape index (κ2) is 6.79. The van der Waals surface area contributed by atoms with Crippen molar-refractivity contribution in [2.24, 2.45) is 0 Å². The Morgan fingerprint density at radius 1 is 1.14 bits per heavy atom. The van der Waals surface area contributed by atoms with E-state index in [2.05, 4.69) is 9.88 Å². The molecule has 0 spiro atoms. The molecule has 1 aliphatic rings. The Kier molecular flexibility index (Phi) is 4.80. The summed E-state index contributed by atoms with van der Waals surface area (Å²) in [6.45, 7) is 4.93. The van der Waals surface area contributed by atoms with Crippen molar-refractivity contribution in [2.75, 3.05) is 39.5 Å². The van der Waals surface area contributed by atoms with Gasteiger partial charge in [-0.15, -0.1) is 0 Å². The third-order valence-electron chi connectivity index (χ3n) is 3.50. The minimum absolute atomic E-state index is 0.426. The van der Waals surface area contributed by atoms with Gasteiger partial charge < -0.3 is 9.47 Å². The summed E-state index contributed by atoms with van der Waals surface area (Å²) >= 11 is 12.3. The maximum atomic E-state index is 6.36. The van der Waals surface area contributed by atoms with E-state index in [0.717, 1.165) is 38.2 Å². The summed E-state index contributed by atoms with van der Waals surface area (Å²) in [5.41, 5.74) is 0.674. The summed E-state index contributed by atoms with van der Waals surface area (Å²) in [5, 5.41) is 1.89. The Bertz CT molecular complexity index is 630. The topological polar surface area (TPSA) is 34.6 Å². The molecule has 0 N–H and O–H groups in total.